The number of ether oxygens (including phenoxy) is 2. The molecule has 0 aliphatic carbocycles. The summed E-state index contributed by atoms with van der Waals surface area (Å²) in [7, 11) is 0. The summed E-state index contributed by atoms with van der Waals surface area (Å²) < 4.78 is 55.1. The molecule has 9 nitrogen and oxygen atoms in total. The number of carbonyl (C=O) groups is 2. The summed E-state index contributed by atoms with van der Waals surface area (Å²) in [5.74, 6) is 0.317. The summed E-state index contributed by atoms with van der Waals surface area (Å²) in [6, 6.07) is 21.9. The van der Waals surface area contributed by atoms with Gasteiger partial charge in [0.15, 0.2) is 0 Å². The number of halogens is 3. The molecule has 1 unspecified atom stereocenters. The fourth-order valence-electron chi connectivity index (χ4n) is 5.65. The van der Waals surface area contributed by atoms with Crippen LogP contribution in [0.1, 0.15) is 37.6 Å². The first-order valence-electron chi connectivity index (χ1n) is 17.3. The van der Waals surface area contributed by atoms with Gasteiger partial charge in [-0.15, -0.1) is 11.8 Å². The molecular weight excluding hydrogens is 732 g/mol. The number of thioether (sulfide) groups is 2. The average Bonchev–Trinajstić information content (AvgIpc) is 3.12. The number of morpholine rings is 1. The van der Waals surface area contributed by atoms with E-state index in [2.05, 4.69) is 19.8 Å². The molecule has 0 radical (unpaired) electrons. The van der Waals surface area contributed by atoms with Crippen molar-refractivity contribution >= 4 is 58.8 Å². The fraction of sp³-hybridized carbons (Fsp3) is 0.459. The molecular formula is C37H46F3N5O4S3. The maximum absolute atomic E-state index is 13.8. The van der Waals surface area contributed by atoms with Crippen LogP contribution in [0.5, 0.6) is 0 Å². The van der Waals surface area contributed by atoms with Crippen molar-refractivity contribution in [2.24, 2.45) is 0 Å². The molecule has 0 spiro atoms. The molecule has 15 heteroatoms. The topological polar surface area (TPSA) is 86.4 Å². The van der Waals surface area contributed by atoms with Crippen LogP contribution < -0.4 is 14.9 Å². The van der Waals surface area contributed by atoms with Crippen molar-refractivity contribution in [1.82, 2.24) is 14.5 Å². The third-order valence-electron chi connectivity index (χ3n) is 8.32. The van der Waals surface area contributed by atoms with E-state index >= 15 is 0 Å². The van der Waals surface area contributed by atoms with Crippen molar-refractivity contribution in [3.63, 3.8) is 0 Å². The minimum absolute atomic E-state index is 0.0453. The van der Waals surface area contributed by atoms with E-state index in [-0.39, 0.29) is 34.7 Å². The molecule has 2 saturated heterocycles. The zero-order chi connectivity index (χ0) is 37.1. The van der Waals surface area contributed by atoms with Gasteiger partial charge in [-0.3, -0.25) is 14.4 Å². The maximum atomic E-state index is 13.8. The van der Waals surface area contributed by atoms with Crippen molar-refractivity contribution in [2.75, 3.05) is 75.0 Å². The third-order valence-corrected chi connectivity index (χ3v) is 11.1. The smallest absolute Gasteiger partial charge is 0.444 e. The highest BCUT2D eigenvalue weighted by Crippen LogP contribution is 2.42. The van der Waals surface area contributed by atoms with E-state index in [1.54, 1.807) is 40.9 Å². The molecule has 1 atom stereocenters. The van der Waals surface area contributed by atoms with E-state index in [9.17, 15) is 22.8 Å². The molecule has 3 aromatic rings. The average molecular weight is 778 g/mol. The standard InChI is InChI=1S/C37H46F3N5O4S3/c1-36(2,3)49-35(47)45-19-17-44(18-20-45)29-11-9-27(10-12-29)34(46)42-52-31-13-14-32(33(25-31)51-37(38,39)40)41-28(15-16-43-21-23-48-24-22-43)26-50-30-7-5-4-6-8-30/h4-14,25,28,41H,15-24,26H2,1-3H3,(H,42,46). The Hall–Kier alpha value is -3.24. The second-order valence-electron chi connectivity index (χ2n) is 13.4. The Morgan fingerprint density at radius 2 is 1.58 bits per heavy atom. The number of hydrogen-bond acceptors (Lipinski definition) is 10. The number of carbonyl (C=O) groups excluding carboxylic acids is 2. The highest BCUT2D eigenvalue weighted by atomic mass is 32.2. The van der Waals surface area contributed by atoms with Gasteiger partial charge in [-0.05, 0) is 105 Å². The Morgan fingerprint density at radius 1 is 0.885 bits per heavy atom. The highest BCUT2D eigenvalue weighted by Gasteiger charge is 2.31. The van der Waals surface area contributed by atoms with E-state index < -0.39 is 11.1 Å². The van der Waals surface area contributed by atoms with E-state index in [1.165, 1.54) is 6.07 Å². The monoisotopic (exact) mass is 777 g/mol. The van der Waals surface area contributed by atoms with Crippen LogP contribution in [0, 0.1) is 0 Å². The number of amides is 2. The molecule has 2 fully saturated rings. The van der Waals surface area contributed by atoms with Gasteiger partial charge in [0, 0.05) is 89.2 Å². The van der Waals surface area contributed by atoms with Gasteiger partial charge in [0.25, 0.3) is 5.91 Å². The summed E-state index contributed by atoms with van der Waals surface area (Å²) >= 11 is 2.48. The summed E-state index contributed by atoms with van der Waals surface area (Å²) in [4.78, 5) is 33.2. The Kier molecular flexibility index (Phi) is 14.4. The van der Waals surface area contributed by atoms with Gasteiger partial charge in [0.05, 0.1) is 13.2 Å². The van der Waals surface area contributed by atoms with E-state index in [0.29, 0.717) is 61.3 Å². The van der Waals surface area contributed by atoms with Crippen molar-refractivity contribution in [1.29, 1.82) is 0 Å². The first kappa shape index (κ1) is 40.0. The van der Waals surface area contributed by atoms with E-state index in [1.807, 2.05) is 63.2 Å². The zero-order valence-electron chi connectivity index (χ0n) is 29.6. The van der Waals surface area contributed by atoms with Crippen molar-refractivity contribution in [3.05, 3.63) is 78.4 Å². The molecule has 2 N–H and O–H groups in total. The minimum Gasteiger partial charge on any atom is -0.444 e. The number of anilines is 2. The lowest BCUT2D eigenvalue weighted by atomic mass is 10.1. The SMILES string of the molecule is CC(C)(C)OC(=O)N1CCN(c2ccc(C(=O)NSc3ccc(NC(CCN4CCOCC4)CSc4ccccc4)c(SC(F)(F)F)c3)cc2)CC1. The Bertz CT molecular complexity index is 1600. The van der Waals surface area contributed by atoms with E-state index in [0.717, 1.165) is 48.6 Å². The fourth-order valence-corrected chi connectivity index (χ4v) is 8.03. The van der Waals surface area contributed by atoms with Gasteiger partial charge in [-0.25, -0.2) is 4.79 Å². The lowest BCUT2D eigenvalue weighted by molar-refractivity contribution is -0.0328. The zero-order valence-corrected chi connectivity index (χ0v) is 32.1. The number of hydrogen-bond donors (Lipinski definition) is 2. The Balaban J connectivity index is 1.19. The summed E-state index contributed by atoms with van der Waals surface area (Å²) in [5.41, 5.74) is -3.29. The Morgan fingerprint density at radius 3 is 2.23 bits per heavy atom. The van der Waals surface area contributed by atoms with Crippen LogP contribution >= 0.6 is 35.5 Å². The van der Waals surface area contributed by atoms with Crippen LogP contribution in [0.25, 0.3) is 0 Å². The number of alkyl halides is 3. The van der Waals surface area contributed by atoms with Gasteiger partial charge < -0.3 is 24.6 Å². The molecule has 2 aliphatic rings. The number of benzene rings is 3. The lowest BCUT2D eigenvalue weighted by Gasteiger charge is -2.36. The van der Waals surface area contributed by atoms with Crippen LogP contribution in [0.15, 0.2) is 87.5 Å². The normalized spacial score (nSPS) is 16.3. The maximum Gasteiger partial charge on any atom is 0.446 e. The predicted octanol–water partition coefficient (Wildman–Crippen LogP) is 8.09. The second kappa shape index (κ2) is 18.7. The highest BCUT2D eigenvalue weighted by molar-refractivity contribution is 8.00. The van der Waals surface area contributed by atoms with Crippen LogP contribution in [0.4, 0.5) is 29.3 Å². The Labute approximate surface area is 316 Å². The lowest BCUT2D eigenvalue weighted by Crippen LogP contribution is -2.50. The van der Waals surface area contributed by atoms with Crippen LogP contribution in [0.2, 0.25) is 0 Å². The molecule has 52 heavy (non-hydrogen) atoms. The van der Waals surface area contributed by atoms with Crippen LogP contribution in [-0.4, -0.2) is 104 Å². The summed E-state index contributed by atoms with van der Waals surface area (Å²) in [6.07, 6.45) is 0.428. The molecule has 0 saturated carbocycles. The largest absolute Gasteiger partial charge is 0.446 e. The van der Waals surface area contributed by atoms with Crippen LogP contribution in [0.3, 0.4) is 0 Å². The van der Waals surface area contributed by atoms with Crippen LogP contribution in [-0.2, 0) is 9.47 Å². The van der Waals surface area contributed by atoms with Crippen molar-refractivity contribution < 1.29 is 32.2 Å². The molecule has 3 aromatic carbocycles. The number of nitrogens with zero attached hydrogens (tertiary/aromatic N) is 3. The van der Waals surface area contributed by atoms with Gasteiger partial charge in [0.2, 0.25) is 0 Å². The number of piperazine rings is 1. The molecule has 2 heterocycles. The summed E-state index contributed by atoms with van der Waals surface area (Å²) in [5, 5.41) is 3.42. The number of nitrogens with one attached hydrogen (secondary N) is 2. The van der Waals surface area contributed by atoms with Crippen molar-refractivity contribution in [2.45, 2.75) is 59.0 Å². The number of rotatable bonds is 13. The van der Waals surface area contributed by atoms with Gasteiger partial charge in [-0.2, -0.15) is 13.2 Å². The minimum atomic E-state index is -4.49. The molecule has 2 aliphatic heterocycles. The first-order chi connectivity index (χ1) is 24.8. The predicted molar refractivity (Wildman–Crippen MR) is 205 cm³/mol. The summed E-state index contributed by atoms with van der Waals surface area (Å²) in [6.45, 7) is 11.7. The van der Waals surface area contributed by atoms with E-state index in [4.69, 9.17) is 9.47 Å². The molecule has 0 bridgehead atoms. The first-order valence-corrected chi connectivity index (χ1v) is 19.9. The van der Waals surface area contributed by atoms with Gasteiger partial charge in [-0.1, -0.05) is 18.2 Å². The molecule has 0 aromatic heterocycles. The second-order valence-corrected chi connectivity index (χ2v) is 16.5. The van der Waals surface area contributed by atoms with Crippen molar-refractivity contribution in [3.8, 4) is 0 Å². The van der Waals surface area contributed by atoms with Gasteiger partial charge in [0.1, 0.15) is 5.60 Å². The molecule has 2 amide bonds. The van der Waals surface area contributed by atoms with Gasteiger partial charge >= 0.3 is 11.6 Å². The third kappa shape index (κ3) is 13.0. The molecule has 282 valence electrons. The molecule has 5 rings (SSSR count). The quantitative estimate of drug-likeness (QED) is 0.131.